The van der Waals surface area contributed by atoms with E-state index in [-0.39, 0.29) is 21.9 Å². The minimum atomic E-state index is -0.330. The quantitative estimate of drug-likeness (QED) is 0.674. The molecular formula is C19H16Cl2N2O. The van der Waals surface area contributed by atoms with E-state index in [1.165, 1.54) is 0 Å². The van der Waals surface area contributed by atoms with E-state index >= 15 is 0 Å². The molecule has 0 N–H and O–H groups in total. The molecule has 3 aromatic rings. The Morgan fingerprint density at radius 2 is 1.54 bits per heavy atom. The number of hydrogen-bond acceptors (Lipinski definition) is 2. The second kappa shape index (κ2) is 7.20. The van der Waals surface area contributed by atoms with Crippen molar-refractivity contribution < 1.29 is 0 Å². The van der Waals surface area contributed by atoms with Crippen LogP contribution in [0.3, 0.4) is 0 Å². The van der Waals surface area contributed by atoms with E-state index in [0.29, 0.717) is 12.1 Å². The molecule has 3 nitrogen and oxygen atoms in total. The van der Waals surface area contributed by atoms with E-state index in [0.717, 1.165) is 11.1 Å². The van der Waals surface area contributed by atoms with Gasteiger partial charge in [0.25, 0.3) is 5.56 Å². The van der Waals surface area contributed by atoms with Gasteiger partial charge in [-0.2, -0.15) is 0 Å². The fraction of sp³-hybridized carbons (Fsp3) is 0.158. The van der Waals surface area contributed by atoms with Gasteiger partial charge in [-0.3, -0.25) is 9.36 Å². The van der Waals surface area contributed by atoms with Gasteiger partial charge in [0.15, 0.2) is 10.3 Å². The minimum absolute atomic E-state index is 0.111. The standard InChI is InChI=1S/C19H16Cl2N2O/c1-13(15-10-6-3-7-11-15)23-16(12-14-8-4-2-5-9-14)17(20)22-18(21)19(23)24/h2-11,13H,12H2,1H3/t13-/m1/s1. The van der Waals surface area contributed by atoms with Crippen molar-refractivity contribution in [2.75, 3.05) is 0 Å². The van der Waals surface area contributed by atoms with E-state index in [1.807, 2.05) is 67.6 Å². The maximum atomic E-state index is 12.7. The largest absolute Gasteiger partial charge is 0.299 e. The molecule has 0 spiro atoms. The van der Waals surface area contributed by atoms with Crippen molar-refractivity contribution in [2.45, 2.75) is 19.4 Å². The van der Waals surface area contributed by atoms with Gasteiger partial charge in [0.2, 0.25) is 0 Å². The molecule has 0 aliphatic rings. The zero-order valence-corrected chi connectivity index (χ0v) is 14.6. The van der Waals surface area contributed by atoms with Crippen molar-refractivity contribution in [1.29, 1.82) is 0 Å². The summed E-state index contributed by atoms with van der Waals surface area (Å²) in [5.74, 6) is 0. The molecule has 2 aromatic carbocycles. The molecule has 0 saturated heterocycles. The van der Waals surface area contributed by atoms with Gasteiger partial charge in [0.05, 0.1) is 11.7 Å². The topological polar surface area (TPSA) is 34.9 Å². The van der Waals surface area contributed by atoms with Crippen molar-refractivity contribution in [3.8, 4) is 0 Å². The lowest BCUT2D eigenvalue weighted by molar-refractivity contribution is 0.583. The van der Waals surface area contributed by atoms with Crippen LogP contribution in [0.4, 0.5) is 0 Å². The number of aromatic nitrogens is 2. The van der Waals surface area contributed by atoms with Crippen molar-refractivity contribution >= 4 is 23.2 Å². The molecular weight excluding hydrogens is 343 g/mol. The van der Waals surface area contributed by atoms with Gasteiger partial charge in [-0.05, 0) is 18.1 Å². The summed E-state index contributed by atoms with van der Waals surface area (Å²) < 4.78 is 1.64. The Morgan fingerprint density at radius 1 is 0.958 bits per heavy atom. The van der Waals surface area contributed by atoms with Gasteiger partial charge in [0.1, 0.15) is 0 Å². The van der Waals surface area contributed by atoms with Crippen LogP contribution < -0.4 is 5.56 Å². The smallest absolute Gasteiger partial charge is 0.289 e. The summed E-state index contributed by atoms with van der Waals surface area (Å²) in [6.07, 6.45) is 0.510. The Labute approximate surface area is 150 Å². The molecule has 0 aliphatic heterocycles. The molecule has 0 unspecified atom stereocenters. The van der Waals surface area contributed by atoms with Crippen LogP contribution in [-0.2, 0) is 6.42 Å². The van der Waals surface area contributed by atoms with Crippen LogP contribution in [-0.4, -0.2) is 9.55 Å². The summed E-state index contributed by atoms with van der Waals surface area (Å²) in [7, 11) is 0. The highest BCUT2D eigenvalue weighted by molar-refractivity contribution is 6.32. The summed E-state index contributed by atoms with van der Waals surface area (Å²) in [6, 6.07) is 19.4. The summed E-state index contributed by atoms with van der Waals surface area (Å²) in [6.45, 7) is 1.96. The van der Waals surface area contributed by atoms with Gasteiger partial charge in [-0.25, -0.2) is 4.98 Å². The molecule has 122 valence electrons. The third kappa shape index (κ3) is 3.37. The zero-order valence-electron chi connectivity index (χ0n) is 13.1. The highest BCUT2D eigenvalue weighted by Gasteiger charge is 2.20. The van der Waals surface area contributed by atoms with Crippen LogP contribution in [0.2, 0.25) is 10.3 Å². The highest BCUT2D eigenvalue weighted by atomic mass is 35.5. The average Bonchev–Trinajstić information content (AvgIpc) is 2.61. The summed E-state index contributed by atoms with van der Waals surface area (Å²) in [5.41, 5.74) is 2.39. The van der Waals surface area contributed by atoms with Crippen LogP contribution in [0, 0.1) is 0 Å². The lowest BCUT2D eigenvalue weighted by Gasteiger charge is -2.21. The van der Waals surface area contributed by atoms with Crippen LogP contribution in [0.25, 0.3) is 0 Å². The lowest BCUT2D eigenvalue weighted by atomic mass is 10.1. The number of halogens is 2. The first-order valence-corrected chi connectivity index (χ1v) is 8.39. The normalized spacial score (nSPS) is 12.1. The van der Waals surface area contributed by atoms with E-state index in [4.69, 9.17) is 23.2 Å². The molecule has 24 heavy (non-hydrogen) atoms. The fourth-order valence-corrected chi connectivity index (χ4v) is 3.22. The monoisotopic (exact) mass is 358 g/mol. The zero-order chi connectivity index (χ0) is 17.1. The molecule has 1 heterocycles. The van der Waals surface area contributed by atoms with Crippen molar-refractivity contribution in [3.05, 3.63) is 98.1 Å². The summed E-state index contributed by atoms with van der Waals surface area (Å²) >= 11 is 12.3. The van der Waals surface area contributed by atoms with Crippen molar-refractivity contribution in [3.63, 3.8) is 0 Å². The first kappa shape index (κ1) is 16.7. The second-order valence-corrected chi connectivity index (χ2v) is 6.28. The lowest BCUT2D eigenvalue weighted by Crippen LogP contribution is -2.29. The first-order valence-electron chi connectivity index (χ1n) is 7.63. The molecule has 0 bridgehead atoms. The Morgan fingerprint density at radius 3 is 2.17 bits per heavy atom. The predicted octanol–water partition coefficient (Wildman–Crippen LogP) is 4.75. The van der Waals surface area contributed by atoms with Crippen LogP contribution in [0.15, 0.2) is 65.5 Å². The van der Waals surface area contributed by atoms with Crippen LogP contribution in [0.1, 0.15) is 29.8 Å². The van der Waals surface area contributed by atoms with E-state index in [9.17, 15) is 4.79 Å². The SMILES string of the molecule is C[C@H](c1ccccc1)n1c(Cc2ccccc2)c(Cl)nc(Cl)c1=O. The van der Waals surface area contributed by atoms with Gasteiger partial charge >= 0.3 is 0 Å². The summed E-state index contributed by atoms with van der Waals surface area (Å²) in [5, 5.41) is 0.144. The molecule has 1 atom stereocenters. The Bertz CT molecular complexity index is 892. The van der Waals surface area contributed by atoms with E-state index < -0.39 is 0 Å². The van der Waals surface area contributed by atoms with Gasteiger partial charge in [0, 0.05) is 6.42 Å². The van der Waals surface area contributed by atoms with E-state index in [2.05, 4.69) is 4.98 Å². The fourth-order valence-electron chi connectivity index (χ4n) is 2.76. The number of hydrogen-bond donors (Lipinski definition) is 0. The first-order chi connectivity index (χ1) is 11.6. The third-order valence-corrected chi connectivity index (χ3v) is 4.55. The second-order valence-electron chi connectivity index (χ2n) is 5.56. The third-order valence-electron chi connectivity index (χ3n) is 4.00. The predicted molar refractivity (Wildman–Crippen MR) is 98.0 cm³/mol. The number of rotatable bonds is 4. The van der Waals surface area contributed by atoms with Gasteiger partial charge in [-0.15, -0.1) is 0 Å². The maximum absolute atomic E-state index is 12.7. The summed E-state index contributed by atoms with van der Waals surface area (Å²) in [4.78, 5) is 16.7. The molecule has 3 rings (SSSR count). The van der Waals surface area contributed by atoms with Crippen molar-refractivity contribution in [2.24, 2.45) is 0 Å². The highest BCUT2D eigenvalue weighted by Crippen LogP contribution is 2.24. The van der Waals surface area contributed by atoms with E-state index in [1.54, 1.807) is 4.57 Å². The Kier molecular flexibility index (Phi) is 5.03. The molecule has 5 heteroatoms. The van der Waals surface area contributed by atoms with Gasteiger partial charge in [-0.1, -0.05) is 83.9 Å². The van der Waals surface area contributed by atoms with Gasteiger partial charge < -0.3 is 0 Å². The molecule has 0 radical (unpaired) electrons. The minimum Gasteiger partial charge on any atom is -0.299 e. The van der Waals surface area contributed by atoms with Crippen LogP contribution >= 0.6 is 23.2 Å². The van der Waals surface area contributed by atoms with Crippen molar-refractivity contribution in [1.82, 2.24) is 9.55 Å². The molecule has 0 aliphatic carbocycles. The average molecular weight is 359 g/mol. The number of benzene rings is 2. The Hall–Kier alpha value is -2.10. The number of nitrogens with zero attached hydrogens (tertiary/aromatic N) is 2. The molecule has 1 aromatic heterocycles. The molecule has 0 fully saturated rings. The maximum Gasteiger partial charge on any atom is 0.289 e. The Balaban J connectivity index is 2.15. The van der Waals surface area contributed by atoms with Crippen LogP contribution in [0.5, 0.6) is 0 Å². The molecule has 0 saturated carbocycles. The molecule has 0 amide bonds.